The van der Waals surface area contributed by atoms with Crippen LogP contribution in [0.15, 0.2) is 30.3 Å². The molecule has 2 aliphatic heterocycles. The molecule has 3 N–H and O–H groups in total. The van der Waals surface area contributed by atoms with Crippen molar-refractivity contribution in [3.05, 3.63) is 51.4 Å². The van der Waals surface area contributed by atoms with E-state index in [4.69, 9.17) is 21.4 Å². The summed E-state index contributed by atoms with van der Waals surface area (Å²) >= 11 is 7.50. The van der Waals surface area contributed by atoms with Crippen LogP contribution in [0.25, 0.3) is 0 Å². The summed E-state index contributed by atoms with van der Waals surface area (Å²) in [6.45, 7) is 2.82. The van der Waals surface area contributed by atoms with E-state index in [-0.39, 0.29) is 30.9 Å². The first kappa shape index (κ1) is 20.2. The molecular weight excluding hydrogens is 414 g/mol. The molecule has 0 bridgehead atoms. The van der Waals surface area contributed by atoms with Crippen molar-refractivity contribution in [3.8, 4) is 0 Å². The second kappa shape index (κ2) is 8.71. The summed E-state index contributed by atoms with van der Waals surface area (Å²) in [5.41, 5.74) is 1.73. The van der Waals surface area contributed by atoms with Gasteiger partial charge in [-0.2, -0.15) is 0 Å². The summed E-state index contributed by atoms with van der Waals surface area (Å²) in [4.78, 5) is 28.4. The lowest BCUT2D eigenvalue weighted by Crippen LogP contribution is -2.53. The van der Waals surface area contributed by atoms with Crippen molar-refractivity contribution in [1.82, 2.24) is 10.6 Å². The Hall–Kier alpha value is -2.13. The Labute approximate surface area is 177 Å². The Morgan fingerprint density at radius 1 is 1.31 bits per heavy atom. The van der Waals surface area contributed by atoms with E-state index in [9.17, 15) is 9.59 Å². The second-order valence-corrected chi connectivity index (χ2v) is 8.43. The number of carbonyl (C=O) groups is 2. The molecule has 2 amide bonds. The molecule has 0 unspecified atom stereocenters. The van der Waals surface area contributed by atoms with Gasteiger partial charge in [-0.3, -0.25) is 9.59 Å². The highest BCUT2D eigenvalue weighted by Crippen LogP contribution is 2.42. The molecule has 1 aromatic carbocycles. The van der Waals surface area contributed by atoms with Gasteiger partial charge in [0.2, 0.25) is 5.91 Å². The Morgan fingerprint density at radius 3 is 2.72 bits per heavy atom. The number of hydrogen-bond acceptors (Lipinski definition) is 6. The van der Waals surface area contributed by atoms with Crippen molar-refractivity contribution in [3.63, 3.8) is 0 Å². The van der Waals surface area contributed by atoms with E-state index in [2.05, 4.69) is 15.5 Å². The number of amides is 2. The minimum Gasteiger partial charge on any atom is -0.395 e. The number of nitrogens with one attached hydrogen (secondary N) is 2. The summed E-state index contributed by atoms with van der Waals surface area (Å²) in [5.74, 6) is -0.916. The highest BCUT2D eigenvalue weighted by atomic mass is 35.5. The first-order valence-corrected chi connectivity index (χ1v) is 10.7. The Balaban J connectivity index is 1.74. The molecule has 1 saturated heterocycles. The topological polar surface area (TPSA) is 90.9 Å². The van der Waals surface area contributed by atoms with Crippen molar-refractivity contribution < 1.29 is 19.4 Å². The maximum atomic E-state index is 12.8. The molecule has 7 nitrogen and oxygen atoms in total. The smallest absolute Gasteiger partial charge is 0.262 e. The summed E-state index contributed by atoms with van der Waals surface area (Å²) < 4.78 is 5.43. The fraction of sp³-hybridized carbons (Fsp3) is 0.400. The SMILES string of the molecule is O=C1N[C@@H](C(=O)NCCO)[C@H](c2ccc(Cl)cc2)c2cc(N3CCOCC3)sc21. The number of rotatable bonds is 5. The zero-order chi connectivity index (χ0) is 20.4. The van der Waals surface area contributed by atoms with Gasteiger partial charge in [-0.25, -0.2) is 0 Å². The largest absolute Gasteiger partial charge is 0.395 e. The average molecular weight is 436 g/mol. The number of aliphatic hydroxyl groups excluding tert-OH is 1. The summed E-state index contributed by atoms with van der Waals surface area (Å²) in [7, 11) is 0. The number of aliphatic hydroxyl groups is 1. The Kier molecular flexibility index (Phi) is 6.05. The van der Waals surface area contributed by atoms with E-state index in [1.54, 1.807) is 12.1 Å². The zero-order valence-electron chi connectivity index (χ0n) is 15.7. The lowest BCUT2D eigenvalue weighted by molar-refractivity contribution is -0.123. The summed E-state index contributed by atoms with van der Waals surface area (Å²) in [6.07, 6.45) is 0. The van der Waals surface area contributed by atoms with E-state index in [0.29, 0.717) is 23.1 Å². The van der Waals surface area contributed by atoms with Gasteiger partial charge >= 0.3 is 0 Å². The van der Waals surface area contributed by atoms with Gasteiger partial charge in [-0.15, -0.1) is 11.3 Å². The normalized spacial score (nSPS) is 21.4. The fourth-order valence-corrected chi connectivity index (χ4v) is 5.05. The number of thiophene rings is 1. The number of hydrogen-bond donors (Lipinski definition) is 3. The van der Waals surface area contributed by atoms with E-state index in [1.807, 2.05) is 18.2 Å². The minimum atomic E-state index is -0.769. The van der Waals surface area contributed by atoms with Gasteiger partial charge in [0.25, 0.3) is 5.91 Å². The molecule has 2 aliphatic rings. The maximum Gasteiger partial charge on any atom is 0.262 e. The van der Waals surface area contributed by atoms with Gasteiger partial charge in [0.15, 0.2) is 0 Å². The van der Waals surface area contributed by atoms with Gasteiger partial charge in [0.1, 0.15) is 6.04 Å². The van der Waals surface area contributed by atoms with Crippen LogP contribution in [0.4, 0.5) is 5.00 Å². The van der Waals surface area contributed by atoms with Crippen LogP contribution in [0.1, 0.15) is 26.7 Å². The van der Waals surface area contributed by atoms with Crippen LogP contribution in [0, 0.1) is 0 Å². The van der Waals surface area contributed by atoms with Crippen LogP contribution < -0.4 is 15.5 Å². The molecule has 1 aromatic heterocycles. The van der Waals surface area contributed by atoms with Crippen molar-refractivity contribution in [2.45, 2.75) is 12.0 Å². The molecule has 0 radical (unpaired) electrons. The number of nitrogens with zero attached hydrogens (tertiary/aromatic N) is 1. The zero-order valence-corrected chi connectivity index (χ0v) is 17.3. The third-order valence-electron chi connectivity index (χ3n) is 5.15. The summed E-state index contributed by atoms with van der Waals surface area (Å²) in [6, 6.07) is 8.58. The number of halogens is 1. The Morgan fingerprint density at radius 2 is 2.03 bits per heavy atom. The molecule has 0 saturated carbocycles. The van der Waals surface area contributed by atoms with Crippen LogP contribution in [-0.4, -0.2) is 62.4 Å². The van der Waals surface area contributed by atoms with Crippen LogP contribution in [0.2, 0.25) is 5.02 Å². The first-order valence-electron chi connectivity index (χ1n) is 9.50. The monoisotopic (exact) mass is 435 g/mol. The standard InChI is InChI=1S/C20H22ClN3O4S/c21-13-3-1-12(2-4-13)16-14-11-15(24-6-9-28-10-7-24)29-18(14)20(27)23-17(16)19(26)22-5-8-25/h1-4,11,16-17,25H,5-10H2,(H,22,26)(H,23,27)/t16-,17-/m1/s1. The lowest BCUT2D eigenvalue weighted by atomic mass is 9.82. The third kappa shape index (κ3) is 4.11. The molecule has 154 valence electrons. The highest BCUT2D eigenvalue weighted by molar-refractivity contribution is 7.18. The van der Waals surface area contributed by atoms with Crippen LogP contribution in [0.5, 0.6) is 0 Å². The van der Waals surface area contributed by atoms with Gasteiger partial charge in [-0.05, 0) is 29.3 Å². The molecule has 0 aliphatic carbocycles. The fourth-order valence-electron chi connectivity index (χ4n) is 3.76. The number of ether oxygens (including phenoxy) is 1. The molecule has 9 heteroatoms. The van der Waals surface area contributed by atoms with Gasteiger partial charge in [0.05, 0.1) is 29.7 Å². The quantitative estimate of drug-likeness (QED) is 0.663. The number of fused-ring (bicyclic) bond motifs is 1. The predicted molar refractivity (Wildman–Crippen MR) is 112 cm³/mol. The average Bonchev–Trinajstić information content (AvgIpc) is 3.19. The highest BCUT2D eigenvalue weighted by Gasteiger charge is 2.40. The molecule has 4 rings (SSSR count). The first-order chi connectivity index (χ1) is 14.1. The molecule has 3 heterocycles. The maximum absolute atomic E-state index is 12.8. The van der Waals surface area contributed by atoms with E-state index in [1.165, 1.54) is 11.3 Å². The van der Waals surface area contributed by atoms with Gasteiger partial charge < -0.3 is 25.4 Å². The van der Waals surface area contributed by atoms with Crippen LogP contribution >= 0.6 is 22.9 Å². The molecule has 2 aromatic rings. The van der Waals surface area contributed by atoms with Crippen molar-refractivity contribution in [1.29, 1.82) is 0 Å². The van der Waals surface area contributed by atoms with Crippen LogP contribution in [0.3, 0.4) is 0 Å². The van der Waals surface area contributed by atoms with E-state index >= 15 is 0 Å². The lowest BCUT2D eigenvalue weighted by Gasteiger charge is -2.31. The Bertz CT molecular complexity index is 896. The third-order valence-corrected chi connectivity index (χ3v) is 6.62. The molecule has 29 heavy (non-hydrogen) atoms. The number of morpholine rings is 1. The second-order valence-electron chi connectivity index (χ2n) is 6.96. The van der Waals surface area contributed by atoms with Crippen molar-refractivity contribution >= 4 is 39.8 Å². The molecule has 0 spiro atoms. The van der Waals surface area contributed by atoms with Gasteiger partial charge in [-0.1, -0.05) is 23.7 Å². The number of anilines is 1. The van der Waals surface area contributed by atoms with Crippen molar-refractivity contribution in [2.75, 3.05) is 44.4 Å². The predicted octanol–water partition coefficient (Wildman–Crippen LogP) is 1.59. The summed E-state index contributed by atoms with van der Waals surface area (Å²) in [5, 5.41) is 16.2. The molecule has 2 atom stereocenters. The molecule has 1 fully saturated rings. The van der Waals surface area contributed by atoms with Crippen molar-refractivity contribution in [2.24, 2.45) is 0 Å². The van der Waals surface area contributed by atoms with E-state index in [0.717, 1.165) is 29.2 Å². The van der Waals surface area contributed by atoms with Gasteiger partial charge in [0, 0.05) is 30.6 Å². The molecular formula is C20H22ClN3O4S. The van der Waals surface area contributed by atoms with E-state index < -0.39 is 6.04 Å². The number of carbonyl (C=O) groups excluding carboxylic acids is 2. The van der Waals surface area contributed by atoms with Crippen LogP contribution in [-0.2, 0) is 9.53 Å². The number of benzene rings is 1. The minimum absolute atomic E-state index is 0.133.